The number of aliphatic imine (C=N–C) groups is 1. The van der Waals surface area contributed by atoms with Gasteiger partial charge in [-0.15, -0.1) is 30.6 Å². The number of nitrogens with zero attached hydrogens (tertiary/aromatic N) is 2. The molecule has 5 nitrogen and oxygen atoms in total. The molecule has 0 aromatic heterocycles. The Morgan fingerprint density at radius 3 is 2.74 bits per heavy atom. The maximum absolute atomic E-state index is 5.84. The van der Waals surface area contributed by atoms with Crippen molar-refractivity contribution in [2.45, 2.75) is 39.2 Å². The summed E-state index contributed by atoms with van der Waals surface area (Å²) >= 11 is 0. The van der Waals surface area contributed by atoms with Crippen LogP contribution in [-0.2, 0) is 0 Å². The van der Waals surface area contributed by atoms with Crippen LogP contribution in [0.25, 0.3) is 0 Å². The van der Waals surface area contributed by atoms with E-state index < -0.39 is 0 Å². The molecule has 2 rings (SSSR count). The number of hydrogen-bond donors (Lipinski definition) is 2. The molecule has 0 amide bonds. The molecule has 1 fully saturated rings. The van der Waals surface area contributed by atoms with Crippen LogP contribution in [0.15, 0.2) is 41.9 Å². The first-order valence-electron chi connectivity index (χ1n) is 9.79. The zero-order chi connectivity index (χ0) is 18.6. The summed E-state index contributed by atoms with van der Waals surface area (Å²) in [5, 5.41) is 6.94. The highest BCUT2D eigenvalue weighted by atomic mass is 127. The van der Waals surface area contributed by atoms with E-state index in [9.17, 15) is 0 Å². The number of likely N-dealkylation sites (tertiary alicyclic amines) is 1. The third-order valence-electron chi connectivity index (χ3n) is 4.58. The number of benzene rings is 1. The molecule has 1 aliphatic rings. The van der Waals surface area contributed by atoms with Gasteiger partial charge in [-0.2, -0.15) is 0 Å². The largest absolute Gasteiger partial charge is 0.493 e. The monoisotopic (exact) mass is 486 g/mol. The first kappa shape index (κ1) is 23.8. The third-order valence-corrected chi connectivity index (χ3v) is 4.58. The Morgan fingerprint density at radius 2 is 2.07 bits per heavy atom. The smallest absolute Gasteiger partial charge is 0.191 e. The third kappa shape index (κ3) is 8.97. The average molecular weight is 486 g/mol. The summed E-state index contributed by atoms with van der Waals surface area (Å²) in [6.07, 6.45) is 5.18. The van der Waals surface area contributed by atoms with Crippen LogP contribution >= 0.6 is 24.0 Å². The second kappa shape index (κ2) is 13.8. The molecule has 1 aromatic rings. The van der Waals surface area contributed by atoms with Gasteiger partial charge in [-0.3, -0.25) is 9.89 Å². The molecule has 1 heterocycles. The van der Waals surface area contributed by atoms with Crippen LogP contribution in [0, 0.1) is 6.92 Å². The molecule has 0 saturated carbocycles. The molecule has 0 bridgehead atoms. The van der Waals surface area contributed by atoms with E-state index in [1.54, 1.807) is 0 Å². The van der Waals surface area contributed by atoms with Crippen LogP contribution < -0.4 is 15.4 Å². The lowest BCUT2D eigenvalue weighted by molar-refractivity contribution is 0.225. The van der Waals surface area contributed by atoms with Gasteiger partial charge in [0.15, 0.2) is 5.96 Å². The lowest BCUT2D eigenvalue weighted by Gasteiger charge is -2.32. The number of nitrogens with one attached hydrogen (secondary N) is 2. The van der Waals surface area contributed by atoms with E-state index in [4.69, 9.17) is 9.73 Å². The molecule has 0 radical (unpaired) electrons. The summed E-state index contributed by atoms with van der Waals surface area (Å²) in [5.41, 5.74) is 1.17. The van der Waals surface area contributed by atoms with Crippen molar-refractivity contribution in [1.82, 2.24) is 15.5 Å². The van der Waals surface area contributed by atoms with E-state index in [1.807, 2.05) is 24.3 Å². The van der Waals surface area contributed by atoms with Crippen molar-refractivity contribution < 1.29 is 4.74 Å². The van der Waals surface area contributed by atoms with Gasteiger partial charge in [0, 0.05) is 45.2 Å². The number of ether oxygens (including phenoxy) is 1. The maximum Gasteiger partial charge on any atom is 0.191 e. The second-order valence-electron chi connectivity index (χ2n) is 6.74. The zero-order valence-electron chi connectivity index (χ0n) is 16.7. The van der Waals surface area contributed by atoms with Crippen LogP contribution in [0.5, 0.6) is 5.75 Å². The van der Waals surface area contributed by atoms with Gasteiger partial charge >= 0.3 is 0 Å². The van der Waals surface area contributed by atoms with E-state index in [0.717, 1.165) is 63.7 Å². The highest BCUT2D eigenvalue weighted by Crippen LogP contribution is 2.16. The molecule has 27 heavy (non-hydrogen) atoms. The fourth-order valence-corrected chi connectivity index (χ4v) is 3.11. The molecule has 2 N–H and O–H groups in total. The first-order chi connectivity index (χ1) is 12.7. The van der Waals surface area contributed by atoms with Gasteiger partial charge in [0.2, 0.25) is 0 Å². The highest BCUT2D eigenvalue weighted by Gasteiger charge is 2.18. The molecule has 6 heteroatoms. The van der Waals surface area contributed by atoms with E-state index in [0.29, 0.717) is 12.6 Å². The number of para-hydroxylation sites is 1. The van der Waals surface area contributed by atoms with Crippen molar-refractivity contribution >= 4 is 29.9 Å². The summed E-state index contributed by atoms with van der Waals surface area (Å²) in [7, 11) is 0. The molecular formula is C21H35IN4O. The number of guanidine groups is 1. The lowest BCUT2D eigenvalue weighted by atomic mass is 10.1. The summed E-state index contributed by atoms with van der Waals surface area (Å²) in [4.78, 5) is 7.14. The molecule has 0 unspecified atom stereocenters. The Labute approximate surface area is 181 Å². The van der Waals surface area contributed by atoms with Crippen LogP contribution in [0.4, 0.5) is 0 Å². The van der Waals surface area contributed by atoms with Crippen molar-refractivity contribution in [1.29, 1.82) is 0 Å². The van der Waals surface area contributed by atoms with Crippen LogP contribution in [0.1, 0.15) is 31.7 Å². The fraction of sp³-hybridized carbons (Fsp3) is 0.571. The molecule has 152 valence electrons. The number of hydrogen-bond acceptors (Lipinski definition) is 3. The van der Waals surface area contributed by atoms with Gasteiger partial charge in [0.1, 0.15) is 5.75 Å². The Bertz CT molecular complexity index is 571. The molecule has 1 aliphatic heterocycles. The molecule has 0 aliphatic carbocycles. The van der Waals surface area contributed by atoms with Gasteiger partial charge in [0.25, 0.3) is 0 Å². The van der Waals surface area contributed by atoms with E-state index in [2.05, 4.69) is 42.0 Å². The van der Waals surface area contributed by atoms with Gasteiger partial charge < -0.3 is 15.4 Å². The van der Waals surface area contributed by atoms with E-state index >= 15 is 0 Å². The molecule has 1 saturated heterocycles. The Hall–Kier alpha value is -1.28. The predicted molar refractivity (Wildman–Crippen MR) is 125 cm³/mol. The summed E-state index contributed by atoms with van der Waals surface area (Å²) < 4.78 is 5.84. The quantitative estimate of drug-likeness (QED) is 0.184. The standard InChI is InChI=1S/C21H34N4O.HI/c1-4-14-25-15-11-19(12-16-25)24-21(22-5-2)23-13-8-17-26-20-10-7-6-9-18(20)3;/h4,6-7,9-10,19H,1,5,8,11-17H2,2-3H3,(H2,22,23,24);1H. The van der Waals surface area contributed by atoms with Crippen molar-refractivity contribution in [2.75, 3.05) is 39.3 Å². The number of piperidine rings is 1. The van der Waals surface area contributed by atoms with Crippen molar-refractivity contribution in [3.8, 4) is 5.75 Å². The lowest BCUT2D eigenvalue weighted by Crippen LogP contribution is -2.48. The molecule has 1 aromatic carbocycles. The van der Waals surface area contributed by atoms with E-state index in [-0.39, 0.29) is 24.0 Å². The summed E-state index contributed by atoms with van der Waals surface area (Å²) in [6, 6.07) is 8.62. The minimum atomic E-state index is 0. The molecular weight excluding hydrogens is 451 g/mol. The predicted octanol–water partition coefficient (Wildman–Crippen LogP) is 3.59. The van der Waals surface area contributed by atoms with Gasteiger partial charge in [0.05, 0.1) is 6.61 Å². The highest BCUT2D eigenvalue weighted by molar-refractivity contribution is 14.0. The first-order valence-corrected chi connectivity index (χ1v) is 9.79. The number of halogens is 1. The van der Waals surface area contributed by atoms with Crippen LogP contribution in [0.2, 0.25) is 0 Å². The zero-order valence-corrected chi connectivity index (χ0v) is 19.1. The van der Waals surface area contributed by atoms with Gasteiger partial charge in [-0.1, -0.05) is 24.3 Å². The number of rotatable bonds is 9. The minimum absolute atomic E-state index is 0. The Kier molecular flexibility index (Phi) is 12.2. The van der Waals surface area contributed by atoms with Crippen LogP contribution in [-0.4, -0.2) is 56.2 Å². The maximum atomic E-state index is 5.84. The Balaban J connectivity index is 0.00000364. The normalized spacial score (nSPS) is 15.7. The van der Waals surface area contributed by atoms with Gasteiger partial charge in [-0.25, -0.2) is 0 Å². The minimum Gasteiger partial charge on any atom is -0.493 e. The molecule has 0 spiro atoms. The van der Waals surface area contributed by atoms with E-state index in [1.165, 1.54) is 5.56 Å². The molecule has 0 atom stereocenters. The van der Waals surface area contributed by atoms with Crippen molar-refractivity contribution in [3.63, 3.8) is 0 Å². The summed E-state index contributed by atoms with van der Waals surface area (Å²) in [6.45, 7) is 13.5. The van der Waals surface area contributed by atoms with Crippen LogP contribution in [0.3, 0.4) is 0 Å². The average Bonchev–Trinajstić information content (AvgIpc) is 2.65. The summed E-state index contributed by atoms with van der Waals surface area (Å²) in [5.74, 6) is 1.89. The van der Waals surface area contributed by atoms with Crippen molar-refractivity contribution in [3.05, 3.63) is 42.5 Å². The number of aryl methyl sites for hydroxylation is 1. The van der Waals surface area contributed by atoms with Crippen molar-refractivity contribution in [2.24, 2.45) is 4.99 Å². The Morgan fingerprint density at radius 1 is 1.33 bits per heavy atom. The fourth-order valence-electron chi connectivity index (χ4n) is 3.11. The van der Waals surface area contributed by atoms with Gasteiger partial charge in [-0.05, 0) is 38.3 Å². The SMILES string of the molecule is C=CCN1CCC(NC(=NCCCOc2ccccc2C)NCC)CC1.I. The second-order valence-corrected chi connectivity index (χ2v) is 6.74. The topological polar surface area (TPSA) is 48.9 Å².